The first-order valence-corrected chi connectivity index (χ1v) is 12.6. The second kappa shape index (κ2) is 8.43. The van der Waals surface area contributed by atoms with Crippen molar-refractivity contribution in [2.45, 2.75) is 31.1 Å². The van der Waals surface area contributed by atoms with E-state index in [1.54, 1.807) is 12.1 Å². The molecule has 4 rings (SSSR count). The number of hydrogen-bond donors (Lipinski definition) is 0. The first-order chi connectivity index (χ1) is 14.3. The quantitative estimate of drug-likeness (QED) is 0.703. The number of para-hydroxylation sites is 1. The molecule has 2 aromatic carbocycles. The minimum Gasteiger partial charge on any atom is -0.484 e. The lowest BCUT2D eigenvalue weighted by atomic mass is 10.0. The summed E-state index contributed by atoms with van der Waals surface area (Å²) in [4.78, 5) is 18.7. The monoisotopic (exact) mass is 444 g/mol. The number of ether oxygens (including phenoxy) is 1. The van der Waals surface area contributed by atoms with Crippen LogP contribution in [0.25, 0.3) is 0 Å². The van der Waals surface area contributed by atoms with Crippen molar-refractivity contribution < 1.29 is 17.9 Å². The van der Waals surface area contributed by atoms with E-state index < -0.39 is 15.7 Å². The van der Waals surface area contributed by atoms with Crippen LogP contribution in [0.2, 0.25) is 0 Å². The van der Waals surface area contributed by atoms with Crippen molar-refractivity contribution in [1.82, 2.24) is 0 Å². The molecule has 0 bridgehead atoms. The Balaban J connectivity index is 1.57. The van der Waals surface area contributed by atoms with Gasteiger partial charge in [-0.25, -0.2) is 8.42 Å². The van der Waals surface area contributed by atoms with Crippen LogP contribution in [0.15, 0.2) is 59.6 Å². The van der Waals surface area contributed by atoms with Crippen molar-refractivity contribution in [3.05, 3.63) is 60.2 Å². The molecule has 0 saturated carbocycles. The van der Waals surface area contributed by atoms with Gasteiger partial charge < -0.3 is 9.64 Å². The second-order valence-electron chi connectivity index (χ2n) is 7.81. The average molecular weight is 445 g/mol. The zero-order chi connectivity index (χ0) is 21.3. The van der Waals surface area contributed by atoms with Gasteiger partial charge in [-0.2, -0.15) is 4.99 Å². The molecule has 0 spiro atoms. The number of benzene rings is 2. The minimum atomic E-state index is -3.09. The van der Waals surface area contributed by atoms with Gasteiger partial charge in [0.1, 0.15) is 5.75 Å². The third kappa shape index (κ3) is 4.54. The van der Waals surface area contributed by atoms with Gasteiger partial charge in [-0.15, -0.1) is 0 Å². The van der Waals surface area contributed by atoms with Crippen molar-refractivity contribution in [3.8, 4) is 5.75 Å². The highest BCUT2D eigenvalue weighted by Crippen LogP contribution is 2.41. The fraction of sp³-hybridized carbons (Fsp3) is 0.364. The van der Waals surface area contributed by atoms with Crippen molar-refractivity contribution in [1.29, 1.82) is 0 Å². The Morgan fingerprint density at radius 2 is 1.83 bits per heavy atom. The molecule has 30 heavy (non-hydrogen) atoms. The maximum Gasteiger partial charge on any atom is 0.285 e. The van der Waals surface area contributed by atoms with Crippen LogP contribution < -0.4 is 9.64 Å². The Morgan fingerprint density at radius 1 is 1.13 bits per heavy atom. The van der Waals surface area contributed by atoms with Crippen LogP contribution in [0.3, 0.4) is 0 Å². The lowest BCUT2D eigenvalue weighted by Crippen LogP contribution is -2.37. The van der Waals surface area contributed by atoms with Crippen LogP contribution in [0.5, 0.6) is 5.75 Å². The van der Waals surface area contributed by atoms with Gasteiger partial charge in [0.05, 0.1) is 17.5 Å². The molecule has 2 fully saturated rings. The Kier molecular flexibility index (Phi) is 5.88. The van der Waals surface area contributed by atoms with Crippen molar-refractivity contribution in [2.24, 2.45) is 4.99 Å². The zero-order valence-corrected chi connectivity index (χ0v) is 18.5. The molecule has 6 nitrogen and oxygen atoms in total. The lowest BCUT2D eigenvalue weighted by molar-refractivity contribution is -0.119. The van der Waals surface area contributed by atoms with Crippen LogP contribution in [0.4, 0.5) is 5.69 Å². The van der Waals surface area contributed by atoms with Gasteiger partial charge in [0.2, 0.25) is 0 Å². The summed E-state index contributed by atoms with van der Waals surface area (Å²) >= 11 is 1.37. The molecule has 0 radical (unpaired) electrons. The third-order valence-electron chi connectivity index (χ3n) is 5.23. The van der Waals surface area contributed by atoms with E-state index in [4.69, 9.17) is 4.74 Å². The number of hydrogen-bond acceptors (Lipinski definition) is 5. The number of amides is 1. The zero-order valence-electron chi connectivity index (χ0n) is 16.9. The third-order valence-corrected chi connectivity index (χ3v) is 8.44. The normalized spacial score (nSPS) is 23.7. The number of carbonyl (C=O) groups is 1. The first-order valence-electron chi connectivity index (χ1n) is 9.88. The summed E-state index contributed by atoms with van der Waals surface area (Å²) in [5.74, 6) is 0.791. The fourth-order valence-corrected chi connectivity index (χ4v) is 7.62. The van der Waals surface area contributed by atoms with E-state index in [9.17, 15) is 13.2 Å². The number of aliphatic imine (C=N–C) groups is 1. The second-order valence-corrected chi connectivity index (χ2v) is 11.2. The van der Waals surface area contributed by atoms with Crippen molar-refractivity contribution in [3.63, 3.8) is 0 Å². The Bertz CT molecular complexity index is 1050. The maximum absolute atomic E-state index is 12.5. The van der Waals surface area contributed by atoms with Crippen LogP contribution in [0.1, 0.15) is 25.3 Å². The molecular weight excluding hydrogens is 420 g/mol. The molecule has 0 aliphatic carbocycles. The van der Waals surface area contributed by atoms with Crippen molar-refractivity contribution >= 4 is 38.4 Å². The molecule has 8 heteroatoms. The Hall–Kier alpha value is -2.32. The number of anilines is 1. The maximum atomic E-state index is 12.5. The average Bonchev–Trinajstić information content (AvgIpc) is 3.18. The highest BCUT2D eigenvalue weighted by Gasteiger charge is 2.49. The van der Waals surface area contributed by atoms with Crippen LogP contribution in [-0.2, 0) is 14.6 Å². The summed E-state index contributed by atoms with van der Waals surface area (Å²) in [5, 5.41) is 0.417. The smallest absolute Gasteiger partial charge is 0.285 e. The van der Waals surface area contributed by atoms with Gasteiger partial charge in [0.15, 0.2) is 21.6 Å². The summed E-state index contributed by atoms with van der Waals surface area (Å²) in [7, 11) is -3.09. The molecule has 0 aromatic heterocycles. The van der Waals surface area contributed by atoms with E-state index in [1.807, 2.05) is 47.4 Å². The summed E-state index contributed by atoms with van der Waals surface area (Å²) < 4.78 is 29.9. The number of sulfone groups is 1. The highest BCUT2D eigenvalue weighted by atomic mass is 32.2. The predicted octanol–water partition coefficient (Wildman–Crippen LogP) is 3.49. The molecule has 2 heterocycles. The van der Waals surface area contributed by atoms with Gasteiger partial charge in [-0.1, -0.05) is 55.9 Å². The molecule has 1 amide bonds. The molecule has 2 atom stereocenters. The van der Waals surface area contributed by atoms with Crippen molar-refractivity contribution in [2.75, 3.05) is 23.0 Å². The standard InChI is InChI=1S/C22H24N2O4S2/c1-15(2)16-8-10-17(11-9-16)24-19-13-30(26,27)14-20(19)29-22(24)23-21(25)12-28-18-6-4-3-5-7-18/h3-11,15,19-20H,12-14H2,1-2H3/t19-,20+/m1/s1. The predicted molar refractivity (Wildman–Crippen MR) is 121 cm³/mol. The molecule has 158 valence electrons. The lowest BCUT2D eigenvalue weighted by Gasteiger charge is -2.25. The van der Waals surface area contributed by atoms with Gasteiger partial charge in [-0.05, 0) is 35.7 Å². The molecule has 0 N–H and O–H groups in total. The van der Waals surface area contributed by atoms with E-state index >= 15 is 0 Å². The van der Waals surface area contributed by atoms with E-state index in [-0.39, 0.29) is 29.4 Å². The summed E-state index contributed by atoms with van der Waals surface area (Å²) in [6, 6.07) is 16.9. The van der Waals surface area contributed by atoms with Gasteiger partial charge >= 0.3 is 0 Å². The first kappa shape index (κ1) is 20.9. The molecule has 2 aromatic rings. The van der Waals surface area contributed by atoms with E-state index in [1.165, 1.54) is 17.3 Å². The summed E-state index contributed by atoms with van der Waals surface area (Å²) in [6.45, 7) is 4.08. The highest BCUT2D eigenvalue weighted by molar-refractivity contribution is 8.16. The van der Waals surface area contributed by atoms with Crippen LogP contribution in [0, 0.1) is 0 Å². The molecular formula is C22H24N2O4S2. The largest absolute Gasteiger partial charge is 0.484 e. The number of carbonyl (C=O) groups excluding carboxylic acids is 1. The number of fused-ring (bicyclic) bond motifs is 1. The van der Waals surface area contributed by atoms with E-state index in [2.05, 4.69) is 18.8 Å². The van der Waals surface area contributed by atoms with Crippen LogP contribution in [-0.4, -0.2) is 48.9 Å². The molecule has 2 aliphatic heterocycles. The molecule has 0 unspecified atom stereocenters. The van der Waals surface area contributed by atoms with E-state index in [0.717, 1.165) is 5.69 Å². The topological polar surface area (TPSA) is 76.0 Å². The van der Waals surface area contributed by atoms with Gasteiger partial charge in [0, 0.05) is 10.9 Å². The van der Waals surface area contributed by atoms with Gasteiger partial charge in [0.25, 0.3) is 5.91 Å². The van der Waals surface area contributed by atoms with Crippen LogP contribution >= 0.6 is 11.8 Å². The van der Waals surface area contributed by atoms with Gasteiger partial charge in [-0.3, -0.25) is 4.79 Å². The van der Waals surface area contributed by atoms with E-state index in [0.29, 0.717) is 16.8 Å². The number of nitrogens with zero attached hydrogens (tertiary/aromatic N) is 2. The Labute approximate surface area is 181 Å². The molecule has 2 saturated heterocycles. The SMILES string of the molecule is CC(C)c1ccc(N2C(=NC(=O)COc3ccccc3)S[C@H]3CS(=O)(=O)C[C@H]32)cc1. The minimum absolute atomic E-state index is 0.0737. The Morgan fingerprint density at radius 3 is 2.50 bits per heavy atom. The molecule has 2 aliphatic rings. The summed E-state index contributed by atoms with van der Waals surface area (Å²) in [5.41, 5.74) is 2.05. The fourth-order valence-electron chi connectivity index (χ4n) is 3.69. The number of thioether (sulfide) groups is 1. The number of amidine groups is 1. The summed E-state index contributed by atoms with van der Waals surface area (Å²) in [6.07, 6.45) is 0. The number of rotatable bonds is 5.